The minimum Gasteiger partial charge on any atom is -0.323 e. The number of rotatable bonds is 4. The molecule has 34 heavy (non-hydrogen) atoms. The molecule has 1 aliphatic heterocycles. The number of carbonyl (C=O) groups is 3. The molecule has 1 aromatic heterocycles. The lowest BCUT2D eigenvalue weighted by molar-refractivity contribution is -0.135. The van der Waals surface area contributed by atoms with Crippen LogP contribution in [-0.4, -0.2) is 50.6 Å². The first kappa shape index (κ1) is 22.1. The number of aryl methyl sites for hydroxylation is 1. The third kappa shape index (κ3) is 3.81. The predicted molar refractivity (Wildman–Crippen MR) is 120 cm³/mol. The third-order valence-corrected chi connectivity index (χ3v) is 6.58. The fraction of sp³-hybridized carbons (Fsp3) is 0.320. The smallest absolute Gasteiger partial charge is 0.323 e. The van der Waals surface area contributed by atoms with Crippen LogP contribution in [0.1, 0.15) is 41.9 Å². The number of hydrogen-bond donors (Lipinski definition) is 1. The maximum atomic E-state index is 13.6. The Morgan fingerprint density at radius 3 is 2.38 bits per heavy atom. The van der Waals surface area contributed by atoms with Crippen molar-refractivity contribution in [1.29, 1.82) is 0 Å². The Morgan fingerprint density at radius 2 is 1.68 bits per heavy atom. The number of urea groups is 1. The highest BCUT2D eigenvalue weighted by atomic mass is 19.3. The lowest BCUT2D eigenvalue weighted by Crippen LogP contribution is -2.51. The number of alkyl halides is 2. The van der Waals surface area contributed by atoms with Crippen LogP contribution in [0.25, 0.3) is 22.2 Å². The van der Waals surface area contributed by atoms with Gasteiger partial charge in [0.25, 0.3) is 5.91 Å². The molecule has 9 heteroatoms. The van der Waals surface area contributed by atoms with E-state index in [2.05, 4.69) is 15.3 Å². The maximum absolute atomic E-state index is 13.6. The van der Waals surface area contributed by atoms with Crippen LogP contribution in [0.2, 0.25) is 0 Å². The van der Waals surface area contributed by atoms with Gasteiger partial charge < -0.3 is 5.32 Å². The quantitative estimate of drug-likeness (QED) is 0.459. The molecule has 2 aliphatic rings. The van der Waals surface area contributed by atoms with Gasteiger partial charge in [-0.3, -0.25) is 14.5 Å². The van der Waals surface area contributed by atoms with Gasteiger partial charge >= 0.3 is 6.03 Å². The van der Waals surface area contributed by atoms with Crippen LogP contribution in [0.5, 0.6) is 0 Å². The first-order valence-electron chi connectivity index (χ1n) is 11.1. The minimum absolute atomic E-state index is 0.143. The normalized spacial score (nSPS) is 19.0. The number of halogens is 2. The van der Waals surface area contributed by atoms with Crippen molar-refractivity contribution < 1.29 is 23.2 Å². The molecule has 0 bridgehead atoms. The van der Waals surface area contributed by atoms with E-state index in [9.17, 15) is 23.2 Å². The summed E-state index contributed by atoms with van der Waals surface area (Å²) in [5.74, 6) is -3.24. The number of fused-ring (bicyclic) bond motifs is 1. The SMILES string of the molecule is Cc1nc(-c2ccc(C(=O)CN3C(=O)NC4(CCC(F)(F)CC4)C3=O)cc2)c2ccccc2n1. The van der Waals surface area contributed by atoms with E-state index in [0.717, 1.165) is 27.1 Å². The number of benzene rings is 2. The van der Waals surface area contributed by atoms with Crippen LogP contribution in [0, 0.1) is 6.92 Å². The molecule has 0 unspecified atom stereocenters. The monoisotopic (exact) mass is 464 g/mol. The van der Waals surface area contributed by atoms with E-state index < -0.39 is 48.6 Å². The first-order chi connectivity index (χ1) is 16.2. The van der Waals surface area contributed by atoms with Crippen molar-refractivity contribution in [1.82, 2.24) is 20.2 Å². The third-order valence-electron chi connectivity index (χ3n) is 6.58. The van der Waals surface area contributed by atoms with Gasteiger partial charge in [0, 0.05) is 29.4 Å². The molecule has 7 nitrogen and oxygen atoms in total. The summed E-state index contributed by atoms with van der Waals surface area (Å²) in [6, 6.07) is 13.7. The molecule has 2 heterocycles. The first-order valence-corrected chi connectivity index (χ1v) is 11.1. The number of ketones is 1. The molecule has 1 N–H and O–H groups in total. The average molecular weight is 464 g/mol. The molecule has 2 fully saturated rings. The lowest BCUT2D eigenvalue weighted by Gasteiger charge is -2.34. The highest BCUT2D eigenvalue weighted by Crippen LogP contribution is 2.41. The molecular weight excluding hydrogens is 442 g/mol. The Hall–Kier alpha value is -3.75. The van der Waals surface area contributed by atoms with E-state index in [4.69, 9.17) is 0 Å². The highest BCUT2D eigenvalue weighted by molar-refractivity contribution is 6.11. The standard InChI is InChI=1S/C25H22F2N4O3/c1-15-28-19-5-3-2-4-18(19)21(29-15)17-8-6-16(7-9-17)20(32)14-31-22(33)24(30-23(31)34)10-12-25(26,27)13-11-24/h2-9H,10-14H2,1H3,(H,30,34). The summed E-state index contributed by atoms with van der Waals surface area (Å²) in [6.07, 6.45) is -1.23. The van der Waals surface area contributed by atoms with Crippen LogP contribution in [0.15, 0.2) is 48.5 Å². The number of aromatic nitrogens is 2. The molecule has 2 aromatic carbocycles. The Labute approximate surface area is 194 Å². The fourth-order valence-corrected chi connectivity index (χ4v) is 4.66. The van der Waals surface area contributed by atoms with Crippen molar-refractivity contribution in [2.45, 2.75) is 44.1 Å². The maximum Gasteiger partial charge on any atom is 0.325 e. The molecule has 1 spiro atoms. The second-order valence-electron chi connectivity index (χ2n) is 8.90. The van der Waals surface area contributed by atoms with Crippen LogP contribution in [0.3, 0.4) is 0 Å². The summed E-state index contributed by atoms with van der Waals surface area (Å²) < 4.78 is 27.1. The van der Waals surface area contributed by atoms with Crippen molar-refractivity contribution >= 4 is 28.6 Å². The van der Waals surface area contributed by atoms with Gasteiger partial charge in [-0.1, -0.05) is 42.5 Å². The average Bonchev–Trinajstić information content (AvgIpc) is 3.05. The zero-order valence-corrected chi connectivity index (χ0v) is 18.5. The van der Waals surface area contributed by atoms with Crippen LogP contribution in [-0.2, 0) is 4.79 Å². The Kier molecular flexibility index (Phi) is 5.15. The van der Waals surface area contributed by atoms with Gasteiger partial charge in [0.2, 0.25) is 5.92 Å². The summed E-state index contributed by atoms with van der Waals surface area (Å²) in [5, 5.41) is 3.44. The predicted octanol–water partition coefficient (Wildman–Crippen LogP) is 4.29. The molecule has 0 radical (unpaired) electrons. The van der Waals surface area contributed by atoms with Gasteiger partial charge in [0.05, 0.1) is 17.8 Å². The number of amides is 3. The minimum atomic E-state index is -2.84. The zero-order valence-electron chi connectivity index (χ0n) is 18.5. The number of Topliss-reactive ketones (excluding diaryl/α,β-unsaturated/α-hetero) is 1. The molecule has 3 amide bonds. The molecule has 0 atom stereocenters. The molecular formula is C25H22F2N4O3. The van der Waals surface area contributed by atoms with E-state index >= 15 is 0 Å². The van der Waals surface area contributed by atoms with E-state index in [0.29, 0.717) is 11.4 Å². The summed E-state index contributed by atoms with van der Waals surface area (Å²) in [4.78, 5) is 48.0. The number of para-hydroxylation sites is 1. The molecule has 1 saturated heterocycles. The Bertz CT molecular complexity index is 1310. The number of imide groups is 1. The van der Waals surface area contributed by atoms with Crippen LogP contribution < -0.4 is 5.32 Å². The second kappa shape index (κ2) is 7.93. The molecule has 5 rings (SSSR count). The van der Waals surface area contributed by atoms with Gasteiger partial charge in [-0.05, 0) is 25.8 Å². The number of carbonyl (C=O) groups excluding carboxylic acids is 3. The topological polar surface area (TPSA) is 92.3 Å². The molecule has 1 aliphatic carbocycles. The summed E-state index contributed by atoms with van der Waals surface area (Å²) >= 11 is 0. The largest absolute Gasteiger partial charge is 0.325 e. The number of hydrogen-bond acceptors (Lipinski definition) is 5. The Morgan fingerprint density at radius 1 is 1.00 bits per heavy atom. The van der Waals surface area contributed by atoms with Crippen molar-refractivity contribution in [2.75, 3.05) is 6.54 Å². The van der Waals surface area contributed by atoms with Crippen LogP contribution in [0.4, 0.5) is 13.6 Å². The second-order valence-corrected chi connectivity index (χ2v) is 8.90. The lowest BCUT2D eigenvalue weighted by atomic mass is 9.80. The zero-order chi connectivity index (χ0) is 24.1. The van der Waals surface area contributed by atoms with E-state index in [1.54, 1.807) is 24.3 Å². The number of nitrogens with zero attached hydrogens (tertiary/aromatic N) is 3. The Balaban J connectivity index is 1.34. The van der Waals surface area contributed by atoms with Gasteiger partial charge in [-0.25, -0.2) is 23.5 Å². The van der Waals surface area contributed by atoms with Gasteiger partial charge in [-0.15, -0.1) is 0 Å². The van der Waals surface area contributed by atoms with Gasteiger partial charge in [-0.2, -0.15) is 0 Å². The molecule has 1 saturated carbocycles. The van der Waals surface area contributed by atoms with E-state index in [1.807, 2.05) is 31.2 Å². The van der Waals surface area contributed by atoms with Crippen molar-refractivity contribution in [2.24, 2.45) is 0 Å². The van der Waals surface area contributed by atoms with Crippen molar-refractivity contribution in [3.05, 3.63) is 59.9 Å². The van der Waals surface area contributed by atoms with Crippen LogP contribution >= 0.6 is 0 Å². The van der Waals surface area contributed by atoms with Gasteiger partial charge in [0.15, 0.2) is 5.78 Å². The van der Waals surface area contributed by atoms with E-state index in [-0.39, 0.29) is 12.8 Å². The summed E-state index contributed by atoms with van der Waals surface area (Å²) in [6.45, 7) is 1.36. The fourth-order valence-electron chi connectivity index (χ4n) is 4.66. The molecule has 3 aromatic rings. The van der Waals surface area contributed by atoms with Crippen molar-refractivity contribution in [3.8, 4) is 11.3 Å². The number of nitrogens with one attached hydrogen (secondary N) is 1. The molecule has 174 valence electrons. The van der Waals surface area contributed by atoms with E-state index in [1.165, 1.54) is 0 Å². The van der Waals surface area contributed by atoms with Gasteiger partial charge in [0.1, 0.15) is 11.4 Å². The van der Waals surface area contributed by atoms with Crippen molar-refractivity contribution in [3.63, 3.8) is 0 Å². The highest BCUT2D eigenvalue weighted by Gasteiger charge is 2.55. The summed E-state index contributed by atoms with van der Waals surface area (Å²) in [5.41, 5.74) is 1.35. The summed E-state index contributed by atoms with van der Waals surface area (Å²) in [7, 11) is 0.